The largest absolute Gasteiger partial charge is 0.370 e. The average molecular weight is 238 g/mol. The van der Waals surface area contributed by atoms with E-state index in [1.54, 1.807) is 0 Å². The van der Waals surface area contributed by atoms with Crippen LogP contribution < -0.4 is 16.4 Å². The molecular formula is C12H19FN4. The first-order valence-corrected chi connectivity index (χ1v) is 5.59. The van der Waals surface area contributed by atoms with E-state index in [9.17, 15) is 4.39 Å². The fraction of sp³-hybridized carbons (Fsp3) is 0.417. The van der Waals surface area contributed by atoms with Gasteiger partial charge in [-0.05, 0) is 12.5 Å². The summed E-state index contributed by atoms with van der Waals surface area (Å²) in [6.07, 6.45) is -0.811. The van der Waals surface area contributed by atoms with Crippen molar-refractivity contribution < 1.29 is 4.39 Å². The molecule has 0 fully saturated rings. The van der Waals surface area contributed by atoms with Crippen LogP contribution in [0, 0.1) is 12.3 Å². The van der Waals surface area contributed by atoms with E-state index < -0.39 is 6.30 Å². The molecule has 1 unspecified atom stereocenters. The zero-order chi connectivity index (χ0) is 12.7. The normalized spacial score (nSPS) is 12.1. The summed E-state index contributed by atoms with van der Waals surface area (Å²) in [7, 11) is 0. The van der Waals surface area contributed by atoms with Crippen LogP contribution in [-0.2, 0) is 6.54 Å². The lowest BCUT2D eigenvalue weighted by atomic mass is 10.1. The highest BCUT2D eigenvalue weighted by Gasteiger charge is 2.05. The van der Waals surface area contributed by atoms with Crippen LogP contribution in [0.3, 0.4) is 0 Å². The molecule has 4 nitrogen and oxygen atoms in total. The lowest BCUT2D eigenvalue weighted by Crippen LogP contribution is -2.34. The zero-order valence-corrected chi connectivity index (χ0v) is 9.96. The van der Waals surface area contributed by atoms with Gasteiger partial charge in [0, 0.05) is 19.5 Å². The van der Waals surface area contributed by atoms with Gasteiger partial charge in [0.1, 0.15) is 0 Å². The standard InChI is InChI=1S/C12H19FN4/c1-9-2-4-10(5-3-9)8-17-11(13)6-7-16-12(14)15/h2-5,11,17H,6-8H2,1H3,(H4,14,15,16). The number of alkyl halides is 1. The van der Waals surface area contributed by atoms with E-state index in [4.69, 9.17) is 11.1 Å². The Kier molecular flexibility index (Phi) is 5.42. The Hall–Kier alpha value is -1.62. The maximum Gasteiger partial charge on any atom is 0.185 e. The second-order valence-electron chi connectivity index (χ2n) is 3.96. The van der Waals surface area contributed by atoms with E-state index in [0.717, 1.165) is 5.56 Å². The minimum Gasteiger partial charge on any atom is -0.370 e. The molecule has 0 aliphatic heterocycles. The molecule has 5 N–H and O–H groups in total. The van der Waals surface area contributed by atoms with Crippen LogP contribution in [-0.4, -0.2) is 18.8 Å². The number of hydrogen-bond acceptors (Lipinski definition) is 2. The van der Waals surface area contributed by atoms with Gasteiger partial charge in [0.25, 0.3) is 0 Å². The van der Waals surface area contributed by atoms with Crippen molar-refractivity contribution >= 4 is 5.96 Å². The third kappa shape index (κ3) is 5.87. The summed E-state index contributed by atoms with van der Waals surface area (Å²) in [6.45, 7) is 2.88. The number of nitrogens with two attached hydrogens (primary N) is 1. The van der Waals surface area contributed by atoms with Gasteiger partial charge in [0.15, 0.2) is 12.3 Å². The summed E-state index contributed by atoms with van der Waals surface area (Å²) in [4.78, 5) is 0. The first-order valence-electron chi connectivity index (χ1n) is 5.59. The van der Waals surface area contributed by atoms with Gasteiger partial charge in [-0.1, -0.05) is 29.8 Å². The van der Waals surface area contributed by atoms with Crippen molar-refractivity contribution in [2.75, 3.05) is 6.54 Å². The fourth-order valence-electron chi connectivity index (χ4n) is 1.37. The summed E-state index contributed by atoms with van der Waals surface area (Å²) < 4.78 is 13.4. The predicted octanol–water partition coefficient (Wildman–Crippen LogP) is 1.25. The highest BCUT2D eigenvalue weighted by atomic mass is 19.1. The van der Waals surface area contributed by atoms with Crippen molar-refractivity contribution in [3.63, 3.8) is 0 Å². The van der Waals surface area contributed by atoms with Gasteiger partial charge < -0.3 is 11.1 Å². The lowest BCUT2D eigenvalue weighted by molar-refractivity contribution is 0.256. The molecule has 0 aliphatic carbocycles. The molecule has 94 valence electrons. The fourth-order valence-corrected chi connectivity index (χ4v) is 1.37. The Labute approximate surface area is 101 Å². The molecule has 0 aromatic heterocycles. The Balaban J connectivity index is 2.21. The van der Waals surface area contributed by atoms with Crippen molar-refractivity contribution in [3.8, 4) is 0 Å². The van der Waals surface area contributed by atoms with E-state index in [1.807, 2.05) is 31.2 Å². The van der Waals surface area contributed by atoms with Gasteiger partial charge in [-0.15, -0.1) is 0 Å². The van der Waals surface area contributed by atoms with Crippen LogP contribution in [0.4, 0.5) is 4.39 Å². The van der Waals surface area contributed by atoms with Crippen LogP contribution in [0.1, 0.15) is 17.5 Å². The van der Waals surface area contributed by atoms with Gasteiger partial charge in [-0.25, -0.2) is 4.39 Å². The van der Waals surface area contributed by atoms with Crippen LogP contribution in [0.15, 0.2) is 24.3 Å². The number of benzene rings is 1. The molecule has 17 heavy (non-hydrogen) atoms. The van der Waals surface area contributed by atoms with Crippen molar-refractivity contribution in [1.29, 1.82) is 5.41 Å². The molecule has 1 rings (SSSR count). The number of rotatable bonds is 6. The molecule has 1 atom stereocenters. The topological polar surface area (TPSA) is 73.9 Å². The zero-order valence-electron chi connectivity index (χ0n) is 9.96. The smallest absolute Gasteiger partial charge is 0.185 e. The Morgan fingerprint density at radius 3 is 2.65 bits per heavy atom. The number of hydrogen-bond donors (Lipinski definition) is 4. The molecule has 0 saturated heterocycles. The van der Waals surface area contributed by atoms with E-state index in [-0.39, 0.29) is 12.4 Å². The molecule has 5 heteroatoms. The Morgan fingerprint density at radius 1 is 1.41 bits per heavy atom. The van der Waals surface area contributed by atoms with Crippen LogP contribution in [0.2, 0.25) is 0 Å². The highest BCUT2D eigenvalue weighted by Crippen LogP contribution is 2.03. The lowest BCUT2D eigenvalue weighted by Gasteiger charge is -2.11. The maximum absolute atomic E-state index is 13.4. The maximum atomic E-state index is 13.4. The molecule has 1 aromatic carbocycles. The monoisotopic (exact) mass is 238 g/mol. The van der Waals surface area contributed by atoms with Crippen molar-refractivity contribution in [2.45, 2.75) is 26.2 Å². The molecular weight excluding hydrogens is 219 g/mol. The Morgan fingerprint density at radius 2 is 2.06 bits per heavy atom. The summed E-state index contributed by atoms with van der Waals surface area (Å²) in [5.74, 6) is -0.129. The number of nitrogens with one attached hydrogen (secondary N) is 3. The second kappa shape index (κ2) is 6.85. The number of guanidine groups is 1. The van der Waals surface area contributed by atoms with E-state index >= 15 is 0 Å². The van der Waals surface area contributed by atoms with E-state index in [1.165, 1.54) is 5.56 Å². The van der Waals surface area contributed by atoms with E-state index in [2.05, 4.69) is 10.6 Å². The third-order valence-electron chi connectivity index (χ3n) is 2.36. The highest BCUT2D eigenvalue weighted by molar-refractivity contribution is 5.74. The predicted molar refractivity (Wildman–Crippen MR) is 67.4 cm³/mol. The second-order valence-corrected chi connectivity index (χ2v) is 3.96. The van der Waals surface area contributed by atoms with Gasteiger partial charge in [0.05, 0.1) is 0 Å². The molecule has 0 saturated carbocycles. The van der Waals surface area contributed by atoms with Gasteiger partial charge >= 0.3 is 0 Å². The molecule has 0 heterocycles. The Bertz CT molecular complexity index is 350. The molecule has 1 aromatic rings. The van der Waals surface area contributed by atoms with Crippen LogP contribution >= 0.6 is 0 Å². The van der Waals surface area contributed by atoms with Crippen molar-refractivity contribution in [3.05, 3.63) is 35.4 Å². The SMILES string of the molecule is Cc1ccc(CNC(F)CCNC(=N)N)cc1. The number of aryl methyl sites for hydroxylation is 1. The summed E-state index contributed by atoms with van der Waals surface area (Å²) >= 11 is 0. The van der Waals surface area contributed by atoms with Gasteiger partial charge in [0.2, 0.25) is 0 Å². The summed E-state index contributed by atoms with van der Waals surface area (Å²) in [6, 6.07) is 7.95. The van der Waals surface area contributed by atoms with Gasteiger partial charge in [-0.2, -0.15) is 0 Å². The van der Waals surface area contributed by atoms with Crippen molar-refractivity contribution in [2.24, 2.45) is 5.73 Å². The molecule has 0 spiro atoms. The summed E-state index contributed by atoms with van der Waals surface area (Å²) in [5.41, 5.74) is 7.33. The van der Waals surface area contributed by atoms with Crippen LogP contribution in [0.25, 0.3) is 0 Å². The summed E-state index contributed by atoms with van der Waals surface area (Å²) in [5, 5.41) is 12.3. The minimum atomic E-state index is -1.09. The first kappa shape index (κ1) is 13.4. The molecule has 0 aliphatic rings. The van der Waals surface area contributed by atoms with Crippen molar-refractivity contribution in [1.82, 2.24) is 10.6 Å². The third-order valence-corrected chi connectivity index (χ3v) is 2.36. The first-order chi connectivity index (χ1) is 8.08. The van der Waals surface area contributed by atoms with E-state index in [0.29, 0.717) is 13.1 Å². The van der Waals surface area contributed by atoms with Crippen LogP contribution in [0.5, 0.6) is 0 Å². The number of halogens is 1. The molecule has 0 bridgehead atoms. The molecule has 0 radical (unpaired) electrons. The quantitative estimate of drug-likeness (QED) is 0.342. The van der Waals surface area contributed by atoms with Gasteiger partial charge in [-0.3, -0.25) is 10.7 Å². The minimum absolute atomic E-state index is 0.129. The average Bonchev–Trinajstić information content (AvgIpc) is 2.28. The molecule has 0 amide bonds.